The minimum absolute atomic E-state index is 0.0979. The highest BCUT2D eigenvalue weighted by Crippen LogP contribution is 2.28. The highest BCUT2D eigenvalue weighted by molar-refractivity contribution is 5.92. The summed E-state index contributed by atoms with van der Waals surface area (Å²) in [5.41, 5.74) is 1.56. The summed E-state index contributed by atoms with van der Waals surface area (Å²) in [6, 6.07) is 8.63. The van der Waals surface area contributed by atoms with Gasteiger partial charge in [0.2, 0.25) is 5.91 Å². The lowest BCUT2D eigenvalue weighted by Crippen LogP contribution is -2.20. The Hall–Kier alpha value is -3.10. The molecule has 144 valence electrons. The second kappa shape index (κ2) is 9.56. The van der Waals surface area contributed by atoms with E-state index >= 15 is 0 Å². The van der Waals surface area contributed by atoms with Crippen LogP contribution in [-0.2, 0) is 11.3 Å². The molecule has 0 unspecified atom stereocenters. The number of alkyl halides is 4. The Kier molecular flexibility index (Phi) is 7.16. The third-order valence-electron chi connectivity index (χ3n) is 3.23. The third-order valence-corrected chi connectivity index (χ3v) is 3.23. The van der Waals surface area contributed by atoms with Crippen molar-refractivity contribution >= 4 is 12.0 Å². The topological polar surface area (TPSA) is 60.5 Å². The fourth-order valence-electron chi connectivity index (χ4n) is 2.13. The number of nitrogens with zero attached hydrogens (tertiary/aromatic N) is 1. The summed E-state index contributed by atoms with van der Waals surface area (Å²) in [5, 5.41) is 2.59. The van der Waals surface area contributed by atoms with E-state index in [4.69, 9.17) is 0 Å². The molecule has 0 spiro atoms. The molecule has 9 heteroatoms. The van der Waals surface area contributed by atoms with Gasteiger partial charge in [-0.15, -0.1) is 0 Å². The Balaban J connectivity index is 2.06. The number of halogens is 4. The summed E-state index contributed by atoms with van der Waals surface area (Å²) in [6.07, 6.45) is 2.33. The van der Waals surface area contributed by atoms with Crippen molar-refractivity contribution in [1.82, 2.24) is 10.3 Å². The highest BCUT2D eigenvalue weighted by Gasteiger charge is 2.12. The van der Waals surface area contributed by atoms with Crippen LogP contribution < -0.4 is 14.8 Å². The molecule has 0 atom stereocenters. The van der Waals surface area contributed by atoms with E-state index in [1.807, 2.05) is 13.0 Å². The number of amides is 1. The van der Waals surface area contributed by atoms with Gasteiger partial charge in [-0.2, -0.15) is 17.6 Å². The molecule has 0 fully saturated rings. The molecule has 5 nitrogen and oxygen atoms in total. The van der Waals surface area contributed by atoms with Crippen LogP contribution in [-0.4, -0.2) is 24.1 Å². The predicted molar refractivity (Wildman–Crippen MR) is 89.6 cm³/mol. The number of ether oxygens (including phenoxy) is 2. The molecule has 0 bridgehead atoms. The van der Waals surface area contributed by atoms with Gasteiger partial charge in [0.25, 0.3) is 0 Å². The zero-order chi connectivity index (χ0) is 19.8. The number of aryl methyl sites for hydroxylation is 1. The fraction of sp³-hybridized carbons (Fsp3) is 0.222. The lowest BCUT2D eigenvalue weighted by Gasteiger charge is -2.11. The van der Waals surface area contributed by atoms with Crippen LogP contribution in [0.5, 0.6) is 11.5 Å². The van der Waals surface area contributed by atoms with Crippen LogP contribution in [0.2, 0.25) is 0 Å². The van der Waals surface area contributed by atoms with Crippen molar-refractivity contribution in [2.24, 2.45) is 0 Å². The molecule has 27 heavy (non-hydrogen) atoms. The van der Waals surface area contributed by atoms with Crippen molar-refractivity contribution < 1.29 is 31.8 Å². The second-order valence-electron chi connectivity index (χ2n) is 5.28. The van der Waals surface area contributed by atoms with Crippen molar-refractivity contribution in [3.8, 4) is 11.5 Å². The molecule has 1 heterocycles. The molecule has 2 rings (SSSR count). The first-order valence-electron chi connectivity index (χ1n) is 7.75. The van der Waals surface area contributed by atoms with Crippen LogP contribution in [0, 0.1) is 6.92 Å². The van der Waals surface area contributed by atoms with Gasteiger partial charge in [-0.3, -0.25) is 9.78 Å². The largest absolute Gasteiger partial charge is 0.435 e. The maximum absolute atomic E-state index is 12.5. The Morgan fingerprint density at radius 3 is 2.56 bits per heavy atom. The van der Waals surface area contributed by atoms with E-state index in [2.05, 4.69) is 19.8 Å². The number of hydrogen-bond acceptors (Lipinski definition) is 4. The number of carbonyl (C=O) groups excluding carboxylic acids is 1. The quantitative estimate of drug-likeness (QED) is 0.554. The van der Waals surface area contributed by atoms with Crippen LogP contribution in [0.3, 0.4) is 0 Å². The highest BCUT2D eigenvalue weighted by atomic mass is 19.3. The zero-order valence-electron chi connectivity index (χ0n) is 14.2. The second-order valence-corrected chi connectivity index (χ2v) is 5.28. The van der Waals surface area contributed by atoms with Crippen LogP contribution in [0.15, 0.2) is 42.5 Å². The molecule has 0 aliphatic carbocycles. The van der Waals surface area contributed by atoms with Crippen molar-refractivity contribution in [1.29, 1.82) is 0 Å². The Morgan fingerprint density at radius 1 is 1.15 bits per heavy atom. The van der Waals surface area contributed by atoms with Crippen molar-refractivity contribution in [3.05, 3.63) is 59.4 Å². The smallest absolute Gasteiger partial charge is 0.387 e. The fourth-order valence-corrected chi connectivity index (χ4v) is 2.13. The number of pyridine rings is 1. The molecule has 1 amide bonds. The molecule has 1 aromatic carbocycles. The maximum Gasteiger partial charge on any atom is 0.387 e. The van der Waals surface area contributed by atoms with E-state index in [-0.39, 0.29) is 17.9 Å². The molecule has 2 aromatic rings. The summed E-state index contributed by atoms with van der Waals surface area (Å²) < 4.78 is 57.9. The maximum atomic E-state index is 12.5. The molecule has 1 aromatic heterocycles. The first kappa shape index (κ1) is 20.2. The monoisotopic (exact) mass is 384 g/mol. The van der Waals surface area contributed by atoms with E-state index < -0.39 is 24.9 Å². The number of rotatable bonds is 8. The van der Waals surface area contributed by atoms with Crippen molar-refractivity contribution in [3.63, 3.8) is 0 Å². The van der Waals surface area contributed by atoms with Gasteiger partial charge < -0.3 is 14.8 Å². The zero-order valence-corrected chi connectivity index (χ0v) is 14.2. The molecule has 0 aliphatic rings. The minimum atomic E-state index is -3.17. The van der Waals surface area contributed by atoms with Gasteiger partial charge in [0.15, 0.2) is 0 Å². The van der Waals surface area contributed by atoms with E-state index in [1.165, 1.54) is 12.1 Å². The summed E-state index contributed by atoms with van der Waals surface area (Å²) >= 11 is 0. The Labute approximate surface area is 152 Å². The van der Waals surface area contributed by atoms with E-state index in [0.29, 0.717) is 5.69 Å². The van der Waals surface area contributed by atoms with E-state index in [1.54, 1.807) is 12.1 Å². The van der Waals surface area contributed by atoms with Crippen LogP contribution in [0.1, 0.15) is 17.0 Å². The first-order valence-corrected chi connectivity index (χ1v) is 7.75. The normalized spacial score (nSPS) is 11.2. The van der Waals surface area contributed by atoms with Gasteiger partial charge in [0.1, 0.15) is 11.5 Å². The molecule has 0 saturated heterocycles. The minimum Gasteiger partial charge on any atom is -0.435 e. The van der Waals surface area contributed by atoms with Gasteiger partial charge in [-0.25, -0.2) is 0 Å². The van der Waals surface area contributed by atoms with Crippen molar-refractivity contribution in [2.75, 3.05) is 0 Å². The van der Waals surface area contributed by atoms with Crippen LogP contribution in [0.25, 0.3) is 6.08 Å². The predicted octanol–water partition coefficient (Wildman–Crippen LogP) is 3.92. The van der Waals surface area contributed by atoms with E-state index in [9.17, 15) is 22.4 Å². The van der Waals surface area contributed by atoms with Gasteiger partial charge in [0.05, 0.1) is 12.2 Å². The standard InChI is InChI=1S/C18H16F4N2O3/c1-11-3-2-4-13(24-11)10-23-16(25)8-6-12-5-7-14(26-17(19)20)9-15(12)27-18(21)22/h2-9,17-18H,10H2,1H3,(H,23,25)/b8-6+. The molecular weight excluding hydrogens is 368 g/mol. The first-order chi connectivity index (χ1) is 12.8. The average Bonchev–Trinajstić information content (AvgIpc) is 2.58. The van der Waals surface area contributed by atoms with Gasteiger partial charge in [0, 0.05) is 23.4 Å². The van der Waals surface area contributed by atoms with E-state index in [0.717, 1.165) is 23.9 Å². The van der Waals surface area contributed by atoms with Crippen molar-refractivity contribution in [2.45, 2.75) is 26.7 Å². The SMILES string of the molecule is Cc1cccc(CNC(=O)/C=C/c2ccc(OC(F)F)cc2OC(F)F)n1. The Morgan fingerprint density at radius 2 is 1.89 bits per heavy atom. The average molecular weight is 384 g/mol. The summed E-state index contributed by atoms with van der Waals surface area (Å²) in [6.45, 7) is -4.27. The molecular formula is C18H16F4N2O3. The lowest BCUT2D eigenvalue weighted by atomic mass is 10.1. The number of hydrogen-bond donors (Lipinski definition) is 1. The van der Waals surface area contributed by atoms with Gasteiger partial charge >= 0.3 is 13.2 Å². The number of carbonyl (C=O) groups is 1. The summed E-state index contributed by atoms with van der Waals surface area (Å²) in [7, 11) is 0. The molecule has 0 aliphatic heterocycles. The molecule has 1 N–H and O–H groups in total. The number of nitrogens with one attached hydrogen (secondary N) is 1. The van der Waals surface area contributed by atoms with Gasteiger partial charge in [-0.05, 0) is 37.3 Å². The van der Waals surface area contributed by atoms with Gasteiger partial charge in [-0.1, -0.05) is 6.07 Å². The molecule has 0 saturated carbocycles. The number of aromatic nitrogens is 1. The van der Waals surface area contributed by atoms with Crippen LogP contribution >= 0.6 is 0 Å². The Bertz CT molecular complexity index is 813. The third kappa shape index (κ3) is 6.96. The summed E-state index contributed by atoms with van der Waals surface area (Å²) in [4.78, 5) is 16.1. The number of benzene rings is 1. The summed E-state index contributed by atoms with van der Waals surface area (Å²) in [5.74, 6) is -1.23. The van der Waals surface area contributed by atoms with Crippen LogP contribution in [0.4, 0.5) is 17.6 Å². The lowest BCUT2D eigenvalue weighted by molar-refractivity contribution is -0.116. The molecule has 0 radical (unpaired) electrons.